The van der Waals surface area contributed by atoms with E-state index in [-0.39, 0.29) is 6.61 Å². The highest BCUT2D eigenvalue weighted by molar-refractivity contribution is 5.85. The minimum absolute atomic E-state index is 0.193. The molecule has 0 N–H and O–H groups in total. The van der Waals surface area contributed by atoms with Crippen LogP contribution in [0.1, 0.15) is 18.9 Å². The molecule has 3 heteroatoms. The molecule has 0 radical (unpaired) electrons. The Hall–Kier alpha value is -1.64. The Morgan fingerprint density at radius 2 is 2.06 bits per heavy atom. The average molecular weight is 222 g/mol. The van der Waals surface area contributed by atoms with Gasteiger partial charge in [-0.25, -0.2) is 4.79 Å². The molecule has 0 aliphatic rings. The SMILES string of the molecule is CCOC(=O)/C(F)=C/CCc1ccccc1. The monoisotopic (exact) mass is 222 g/mol. The number of allylic oxidation sites excluding steroid dienone is 1. The molecule has 1 aromatic rings. The van der Waals surface area contributed by atoms with Crippen LogP contribution < -0.4 is 0 Å². The van der Waals surface area contributed by atoms with Gasteiger partial charge < -0.3 is 4.74 Å². The van der Waals surface area contributed by atoms with Crippen LogP contribution in [-0.4, -0.2) is 12.6 Å². The minimum atomic E-state index is -0.879. The standard InChI is InChI=1S/C13H15FO2/c1-2-16-13(15)12(14)10-6-9-11-7-4-3-5-8-11/h3-5,7-8,10H,2,6,9H2,1H3/b12-10-. The van der Waals surface area contributed by atoms with Gasteiger partial charge in [0.25, 0.3) is 0 Å². The quantitative estimate of drug-likeness (QED) is 0.565. The highest BCUT2D eigenvalue weighted by Gasteiger charge is 2.07. The molecule has 1 aromatic carbocycles. The first-order chi connectivity index (χ1) is 7.74. The van der Waals surface area contributed by atoms with Gasteiger partial charge in [-0.15, -0.1) is 0 Å². The molecule has 0 aromatic heterocycles. The molecule has 0 spiro atoms. The van der Waals surface area contributed by atoms with Crippen molar-refractivity contribution >= 4 is 5.97 Å². The van der Waals surface area contributed by atoms with Crippen molar-refractivity contribution in [2.24, 2.45) is 0 Å². The van der Waals surface area contributed by atoms with E-state index in [4.69, 9.17) is 0 Å². The zero-order valence-electron chi connectivity index (χ0n) is 9.28. The summed E-state index contributed by atoms with van der Waals surface area (Å²) in [5, 5.41) is 0. The lowest BCUT2D eigenvalue weighted by Crippen LogP contribution is -2.04. The summed E-state index contributed by atoms with van der Waals surface area (Å²) in [6.07, 6.45) is 2.48. The zero-order chi connectivity index (χ0) is 11.8. The van der Waals surface area contributed by atoms with Crippen LogP contribution in [0.25, 0.3) is 0 Å². The summed E-state index contributed by atoms with van der Waals surface area (Å²) in [5.41, 5.74) is 1.12. The fourth-order valence-electron chi connectivity index (χ4n) is 1.29. The van der Waals surface area contributed by atoms with Gasteiger partial charge in [-0.3, -0.25) is 0 Å². The van der Waals surface area contributed by atoms with E-state index in [0.29, 0.717) is 12.8 Å². The fraction of sp³-hybridized carbons (Fsp3) is 0.308. The molecule has 86 valence electrons. The highest BCUT2D eigenvalue weighted by atomic mass is 19.1. The van der Waals surface area contributed by atoms with Crippen LogP contribution in [-0.2, 0) is 16.0 Å². The van der Waals surface area contributed by atoms with Crippen LogP contribution in [0.15, 0.2) is 42.2 Å². The molecule has 0 atom stereocenters. The molecule has 1 rings (SSSR count). The van der Waals surface area contributed by atoms with Crippen molar-refractivity contribution in [2.45, 2.75) is 19.8 Å². The normalized spacial score (nSPS) is 11.2. The molecule has 0 aliphatic carbocycles. The molecule has 0 bridgehead atoms. The molecule has 0 saturated carbocycles. The third-order valence-electron chi connectivity index (χ3n) is 2.07. The number of hydrogen-bond donors (Lipinski definition) is 0. The van der Waals surface area contributed by atoms with Gasteiger partial charge in [-0.2, -0.15) is 4.39 Å². The Kier molecular flexibility index (Phi) is 5.26. The Labute approximate surface area is 94.7 Å². The lowest BCUT2D eigenvalue weighted by molar-refractivity contribution is -0.140. The first-order valence-corrected chi connectivity index (χ1v) is 5.30. The van der Waals surface area contributed by atoms with Crippen molar-refractivity contribution in [2.75, 3.05) is 6.61 Å². The number of ether oxygens (including phenoxy) is 1. The van der Waals surface area contributed by atoms with Gasteiger partial charge in [-0.05, 0) is 31.4 Å². The van der Waals surface area contributed by atoms with E-state index in [1.54, 1.807) is 6.92 Å². The molecule has 0 unspecified atom stereocenters. The maximum Gasteiger partial charge on any atom is 0.366 e. The van der Waals surface area contributed by atoms with E-state index in [1.165, 1.54) is 6.08 Å². The average Bonchev–Trinajstić information content (AvgIpc) is 2.30. The number of aryl methyl sites for hydroxylation is 1. The summed E-state index contributed by atoms with van der Waals surface area (Å²) in [6, 6.07) is 9.73. The summed E-state index contributed by atoms with van der Waals surface area (Å²) in [7, 11) is 0. The largest absolute Gasteiger partial charge is 0.461 e. The van der Waals surface area contributed by atoms with Crippen LogP contribution in [0.5, 0.6) is 0 Å². The van der Waals surface area contributed by atoms with Gasteiger partial charge in [0.05, 0.1) is 6.61 Å². The van der Waals surface area contributed by atoms with Crippen LogP contribution in [0.4, 0.5) is 4.39 Å². The van der Waals surface area contributed by atoms with Gasteiger partial charge in [0, 0.05) is 0 Å². The molecule has 0 amide bonds. The van der Waals surface area contributed by atoms with Crippen LogP contribution in [0, 0.1) is 0 Å². The first kappa shape index (κ1) is 12.4. The van der Waals surface area contributed by atoms with Gasteiger partial charge in [0.15, 0.2) is 0 Å². The Morgan fingerprint density at radius 3 is 2.69 bits per heavy atom. The predicted molar refractivity (Wildman–Crippen MR) is 60.6 cm³/mol. The van der Waals surface area contributed by atoms with E-state index < -0.39 is 11.8 Å². The van der Waals surface area contributed by atoms with Crippen LogP contribution in [0.3, 0.4) is 0 Å². The molecule has 0 heterocycles. The lowest BCUT2D eigenvalue weighted by atomic mass is 10.1. The molecular weight excluding hydrogens is 207 g/mol. The summed E-state index contributed by atoms with van der Waals surface area (Å²) < 4.78 is 17.6. The number of hydrogen-bond acceptors (Lipinski definition) is 2. The molecule has 16 heavy (non-hydrogen) atoms. The first-order valence-electron chi connectivity index (χ1n) is 5.30. The predicted octanol–water partition coefficient (Wildman–Crippen LogP) is 3.04. The molecule has 0 saturated heterocycles. The van der Waals surface area contributed by atoms with E-state index in [1.807, 2.05) is 30.3 Å². The lowest BCUT2D eigenvalue weighted by Gasteiger charge is -1.99. The molecular formula is C13H15FO2. The molecule has 0 aliphatic heterocycles. The zero-order valence-corrected chi connectivity index (χ0v) is 9.28. The Balaban J connectivity index is 2.39. The fourth-order valence-corrected chi connectivity index (χ4v) is 1.29. The maximum absolute atomic E-state index is 13.1. The van der Waals surface area contributed by atoms with E-state index in [2.05, 4.69) is 4.74 Å². The van der Waals surface area contributed by atoms with Crippen molar-refractivity contribution in [3.8, 4) is 0 Å². The number of rotatable bonds is 5. The number of benzene rings is 1. The van der Waals surface area contributed by atoms with Crippen LogP contribution in [0.2, 0.25) is 0 Å². The summed E-state index contributed by atoms with van der Waals surface area (Å²) >= 11 is 0. The van der Waals surface area contributed by atoms with Crippen molar-refractivity contribution in [1.82, 2.24) is 0 Å². The third kappa shape index (κ3) is 4.26. The summed E-state index contributed by atoms with van der Waals surface area (Å²) in [5.74, 6) is -1.69. The van der Waals surface area contributed by atoms with Crippen LogP contribution >= 0.6 is 0 Å². The Bertz CT molecular complexity index is 357. The topological polar surface area (TPSA) is 26.3 Å². The van der Waals surface area contributed by atoms with Gasteiger partial charge in [-0.1, -0.05) is 30.3 Å². The highest BCUT2D eigenvalue weighted by Crippen LogP contribution is 2.07. The minimum Gasteiger partial charge on any atom is -0.461 e. The van der Waals surface area contributed by atoms with E-state index >= 15 is 0 Å². The van der Waals surface area contributed by atoms with Crippen molar-refractivity contribution in [3.05, 3.63) is 47.8 Å². The number of esters is 1. The molecule has 0 fully saturated rings. The number of carbonyl (C=O) groups is 1. The van der Waals surface area contributed by atoms with Gasteiger partial charge >= 0.3 is 5.97 Å². The third-order valence-corrected chi connectivity index (χ3v) is 2.07. The van der Waals surface area contributed by atoms with Crippen molar-refractivity contribution < 1.29 is 13.9 Å². The molecule has 2 nitrogen and oxygen atoms in total. The second-order valence-corrected chi connectivity index (χ2v) is 3.30. The second-order valence-electron chi connectivity index (χ2n) is 3.30. The van der Waals surface area contributed by atoms with E-state index in [9.17, 15) is 9.18 Å². The number of carbonyl (C=O) groups excluding carboxylic acids is 1. The summed E-state index contributed by atoms with van der Waals surface area (Å²) in [4.78, 5) is 10.9. The van der Waals surface area contributed by atoms with Gasteiger partial charge in [0.1, 0.15) is 0 Å². The second kappa shape index (κ2) is 6.77. The van der Waals surface area contributed by atoms with Crippen molar-refractivity contribution in [3.63, 3.8) is 0 Å². The smallest absolute Gasteiger partial charge is 0.366 e. The van der Waals surface area contributed by atoms with Crippen molar-refractivity contribution in [1.29, 1.82) is 0 Å². The van der Waals surface area contributed by atoms with Gasteiger partial charge in [0.2, 0.25) is 5.83 Å². The van der Waals surface area contributed by atoms with E-state index in [0.717, 1.165) is 5.56 Å². The summed E-state index contributed by atoms with van der Waals surface area (Å²) in [6.45, 7) is 1.84. The Morgan fingerprint density at radius 1 is 1.38 bits per heavy atom. The maximum atomic E-state index is 13.1. The number of halogens is 1.